The molecule has 106 valence electrons. The molecule has 0 radical (unpaired) electrons. The summed E-state index contributed by atoms with van der Waals surface area (Å²) in [6.07, 6.45) is 2.14. The Balaban J connectivity index is 1.99. The predicted molar refractivity (Wildman–Crippen MR) is 75.6 cm³/mol. The van der Waals surface area contributed by atoms with Crippen LogP contribution >= 0.6 is 15.9 Å². The SMILES string of the molecule is Cn1cnnc1CCNC(=O)c1cc(N)c(F)cc1Br. The van der Waals surface area contributed by atoms with Gasteiger partial charge in [0.15, 0.2) is 0 Å². The van der Waals surface area contributed by atoms with E-state index in [0.29, 0.717) is 23.0 Å². The molecular weight excluding hydrogens is 329 g/mol. The lowest BCUT2D eigenvalue weighted by Crippen LogP contribution is -2.27. The first kappa shape index (κ1) is 14.4. The standard InChI is InChI=1S/C12H13BrFN5O/c1-19-6-17-18-11(19)2-3-16-12(20)7-4-10(15)9(14)5-8(7)13/h4-6H,2-3,15H2,1H3,(H,16,20). The van der Waals surface area contributed by atoms with Gasteiger partial charge in [-0.05, 0) is 28.1 Å². The molecule has 1 aromatic carbocycles. The molecule has 6 nitrogen and oxygen atoms in total. The molecule has 0 bridgehead atoms. The number of hydrogen-bond acceptors (Lipinski definition) is 4. The summed E-state index contributed by atoms with van der Waals surface area (Å²) < 4.78 is 15.3. The number of benzene rings is 1. The molecule has 0 saturated heterocycles. The normalized spacial score (nSPS) is 10.6. The monoisotopic (exact) mass is 341 g/mol. The van der Waals surface area contributed by atoms with E-state index in [1.807, 2.05) is 7.05 Å². The van der Waals surface area contributed by atoms with Gasteiger partial charge in [0.1, 0.15) is 18.0 Å². The van der Waals surface area contributed by atoms with Crippen LogP contribution in [0, 0.1) is 5.82 Å². The molecule has 0 aliphatic carbocycles. The minimum absolute atomic E-state index is 0.0633. The van der Waals surface area contributed by atoms with Gasteiger partial charge in [0, 0.05) is 24.5 Å². The number of nitrogens with two attached hydrogens (primary N) is 1. The smallest absolute Gasteiger partial charge is 0.252 e. The van der Waals surface area contributed by atoms with Crippen LogP contribution in [0.1, 0.15) is 16.2 Å². The van der Waals surface area contributed by atoms with Crippen molar-refractivity contribution in [3.05, 3.63) is 40.1 Å². The van der Waals surface area contributed by atoms with Gasteiger partial charge in [-0.3, -0.25) is 4.79 Å². The van der Waals surface area contributed by atoms with Gasteiger partial charge >= 0.3 is 0 Å². The van der Waals surface area contributed by atoms with Crippen LogP contribution in [0.15, 0.2) is 22.9 Å². The molecule has 0 fully saturated rings. The quantitative estimate of drug-likeness (QED) is 0.820. The fourth-order valence-corrected chi connectivity index (χ4v) is 2.15. The van der Waals surface area contributed by atoms with Crippen LogP contribution in [0.25, 0.3) is 0 Å². The number of carbonyl (C=O) groups excluding carboxylic acids is 1. The Labute approximate surface area is 123 Å². The fraction of sp³-hybridized carbons (Fsp3) is 0.250. The van der Waals surface area contributed by atoms with Gasteiger partial charge in [-0.15, -0.1) is 10.2 Å². The first-order valence-electron chi connectivity index (χ1n) is 5.84. The first-order valence-corrected chi connectivity index (χ1v) is 6.64. The average molecular weight is 342 g/mol. The number of hydrogen-bond donors (Lipinski definition) is 2. The summed E-state index contributed by atoms with van der Waals surface area (Å²) in [5.74, 6) is -0.124. The van der Waals surface area contributed by atoms with Gasteiger partial charge in [0.25, 0.3) is 5.91 Å². The van der Waals surface area contributed by atoms with Crippen molar-refractivity contribution in [1.82, 2.24) is 20.1 Å². The molecule has 0 saturated carbocycles. The number of aryl methyl sites for hydroxylation is 1. The van der Waals surface area contributed by atoms with E-state index < -0.39 is 5.82 Å². The van der Waals surface area contributed by atoms with Gasteiger partial charge in [-0.2, -0.15) is 0 Å². The van der Waals surface area contributed by atoms with Crippen molar-refractivity contribution < 1.29 is 9.18 Å². The Morgan fingerprint density at radius 3 is 2.95 bits per heavy atom. The summed E-state index contributed by atoms with van der Waals surface area (Å²) in [6.45, 7) is 0.398. The maximum atomic E-state index is 13.2. The molecule has 2 rings (SSSR count). The lowest BCUT2D eigenvalue weighted by atomic mass is 10.2. The highest BCUT2D eigenvalue weighted by Crippen LogP contribution is 2.22. The summed E-state index contributed by atoms with van der Waals surface area (Å²) in [5, 5.41) is 10.4. The Hall–Kier alpha value is -1.96. The van der Waals surface area contributed by atoms with E-state index in [1.54, 1.807) is 10.9 Å². The van der Waals surface area contributed by atoms with Crippen LogP contribution in [-0.4, -0.2) is 27.2 Å². The molecule has 1 aromatic heterocycles. The van der Waals surface area contributed by atoms with Crippen molar-refractivity contribution >= 4 is 27.5 Å². The van der Waals surface area contributed by atoms with Gasteiger partial charge < -0.3 is 15.6 Å². The number of amides is 1. The predicted octanol–water partition coefficient (Wildman–Crippen LogP) is 1.27. The van der Waals surface area contributed by atoms with E-state index in [1.165, 1.54) is 12.1 Å². The van der Waals surface area contributed by atoms with Crippen LogP contribution in [0.4, 0.5) is 10.1 Å². The van der Waals surface area contributed by atoms with E-state index in [4.69, 9.17) is 5.73 Å². The van der Waals surface area contributed by atoms with Crippen LogP contribution in [0.3, 0.4) is 0 Å². The summed E-state index contributed by atoms with van der Waals surface area (Å²) in [7, 11) is 1.83. The molecule has 3 N–H and O–H groups in total. The van der Waals surface area contributed by atoms with Gasteiger partial charge in [-0.25, -0.2) is 4.39 Å². The highest BCUT2D eigenvalue weighted by Gasteiger charge is 2.13. The molecule has 0 unspecified atom stereocenters. The van der Waals surface area contributed by atoms with Crippen LogP contribution in [0.2, 0.25) is 0 Å². The topological polar surface area (TPSA) is 85.8 Å². The van der Waals surface area contributed by atoms with E-state index in [0.717, 1.165) is 5.82 Å². The Bertz CT molecular complexity index is 643. The number of rotatable bonds is 4. The van der Waals surface area contributed by atoms with E-state index in [2.05, 4.69) is 31.4 Å². The maximum absolute atomic E-state index is 13.2. The van der Waals surface area contributed by atoms with Crippen LogP contribution in [-0.2, 0) is 13.5 Å². The van der Waals surface area contributed by atoms with Crippen molar-refractivity contribution in [2.45, 2.75) is 6.42 Å². The van der Waals surface area contributed by atoms with Crippen molar-refractivity contribution in [3.8, 4) is 0 Å². The molecule has 0 spiro atoms. The zero-order chi connectivity index (χ0) is 14.7. The van der Waals surface area contributed by atoms with Crippen molar-refractivity contribution in [3.63, 3.8) is 0 Å². The van der Waals surface area contributed by atoms with Crippen LogP contribution in [0.5, 0.6) is 0 Å². The van der Waals surface area contributed by atoms with Gasteiger partial charge in [0.2, 0.25) is 0 Å². The molecular formula is C12H13BrFN5O. The average Bonchev–Trinajstić information content (AvgIpc) is 2.79. The second-order valence-electron chi connectivity index (χ2n) is 4.22. The second kappa shape index (κ2) is 6.00. The first-order chi connectivity index (χ1) is 9.49. The highest BCUT2D eigenvalue weighted by atomic mass is 79.9. The molecule has 0 atom stereocenters. The second-order valence-corrected chi connectivity index (χ2v) is 5.07. The van der Waals surface area contributed by atoms with Gasteiger partial charge in [0.05, 0.1) is 11.3 Å². The third-order valence-corrected chi connectivity index (χ3v) is 3.43. The number of halogens is 2. The lowest BCUT2D eigenvalue weighted by molar-refractivity contribution is 0.0953. The van der Waals surface area contributed by atoms with Gasteiger partial charge in [-0.1, -0.05) is 0 Å². The van der Waals surface area contributed by atoms with E-state index >= 15 is 0 Å². The number of nitrogen functional groups attached to an aromatic ring is 1. The summed E-state index contributed by atoms with van der Waals surface area (Å²) in [5.41, 5.74) is 5.69. The maximum Gasteiger partial charge on any atom is 0.252 e. The Kier molecular flexibility index (Phi) is 4.33. The minimum Gasteiger partial charge on any atom is -0.396 e. The van der Waals surface area contributed by atoms with Crippen molar-refractivity contribution in [1.29, 1.82) is 0 Å². The Morgan fingerprint density at radius 2 is 2.30 bits per heavy atom. The fourth-order valence-electron chi connectivity index (χ4n) is 1.66. The number of nitrogens with zero attached hydrogens (tertiary/aromatic N) is 3. The number of nitrogens with one attached hydrogen (secondary N) is 1. The molecule has 1 heterocycles. The van der Waals surface area contributed by atoms with Crippen molar-refractivity contribution in [2.75, 3.05) is 12.3 Å². The zero-order valence-electron chi connectivity index (χ0n) is 10.7. The number of aromatic nitrogens is 3. The number of carbonyl (C=O) groups is 1. The lowest BCUT2D eigenvalue weighted by Gasteiger charge is -2.08. The summed E-state index contributed by atoms with van der Waals surface area (Å²) in [6, 6.07) is 2.48. The third kappa shape index (κ3) is 3.13. The van der Waals surface area contributed by atoms with E-state index in [-0.39, 0.29) is 11.6 Å². The molecule has 0 aliphatic rings. The Morgan fingerprint density at radius 1 is 1.55 bits per heavy atom. The molecule has 8 heteroatoms. The number of anilines is 1. The minimum atomic E-state index is -0.562. The van der Waals surface area contributed by atoms with Crippen molar-refractivity contribution in [2.24, 2.45) is 7.05 Å². The molecule has 0 aliphatic heterocycles. The van der Waals surface area contributed by atoms with E-state index in [9.17, 15) is 9.18 Å². The molecule has 2 aromatic rings. The third-order valence-electron chi connectivity index (χ3n) is 2.77. The zero-order valence-corrected chi connectivity index (χ0v) is 12.3. The summed E-state index contributed by atoms with van der Waals surface area (Å²) >= 11 is 3.14. The molecule has 20 heavy (non-hydrogen) atoms. The summed E-state index contributed by atoms with van der Waals surface area (Å²) in [4.78, 5) is 12.0. The molecule has 1 amide bonds. The highest BCUT2D eigenvalue weighted by molar-refractivity contribution is 9.10. The van der Waals surface area contributed by atoms with Crippen LogP contribution < -0.4 is 11.1 Å². The largest absolute Gasteiger partial charge is 0.396 e.